The molecule has 0 atom stereocenters. The van der Waals surface area contributed by atoms with Gasteiger partial charge in [0.05, 0.1) is 5.56 Å². The molecule has 1 heterocycles. The molecule has 3 N–H and O–H groups in total. The van der Waals surface area contributed by atoms with E-state index in [2.05, 4.69) is 10.3 Å². The van der Waals surface area contributed by atoms with Crippen molar-refractivity contribution >= 4 is 5.91 Å². The van der Waals surface area contributed by atoms with Crippen LogP contribution in [-0.2, 0) is 0 Å². The third-order valence-corrected chi connectivity index (χ3v) is 2.12. The van der Waals surface area contributed by atoms with Gasteiger partial charge in [-0.05, 0) is 7.05 Å². The van der Waals surface area contributed by atoms with Gasteiger partial charge in [-0.15, -0.1) is 0 Å². The van der Waals surface area contributed by atoms with Crippen molar-refractivity contribution in [3.63, 3.8) is 0 Å². The molecule has 0 fully saturated rings. The molecule has 0 spiro atoms. The molecule has 0 aromatic carbocycles. The number of H-pyrrole nitrogens is 1. The molecule has 16 heavy (non-hydrogen) atoms. The summed E-state index contributed by atoms with van der Waals surface area (Å²) < 4.78 is 0. The van der Waals surface area contributed by atoms with E-state index in [1.807, 2.05) is 0 Å². The standard InChI is InChI=1S/C10H15N3O3/c1-11-3-4-13(2)10(16)7-5-8(14)12-9(15)6-7/h5-6,11H,3-4H2,1-2H3,(H2,12,14,15). The Kier molecular flexibility index (Phi) is 4.07. The van der Waals surface area contributed by atoms with Gasteiger partial charge in [0.1, 0.15) is 0 Å². The second-order valence-electron chi connectivity index (χ2n) is 3.45. The molecule has 0 bridgehead atoms. The van der Waals surface area contributed by atoms with E-state index in [4.69, 9.17) is 5.11 Å². The van der Waals surface area contributed by atoms with Crippen molar-refractivity contribution in [3.8, 4) is 5.88 Å². The first-order valence-electron chi connectivity index (χ1n) is 4.88. The molecular formula is C10H15N3O3. The van der Waals surface area contributed by atoms with Gasteiger partial charge < -0.3 is 15.3 Å². The summed E-state index contributed by atoms with van der Waals surface area (Å²) >= 11 is 0. The fourth-order valence-corrected chi connectivity index (χ4v) is 1.25. The Labute approximate surface area is 92.9 Å². The van der Waals surface area contributed by atoms with E-state index in [9.17, 15) is 9.59 Å². The molecule has 0 aliphatic carbocycles. The van der Waals surface area contributed by atoms with Crippen LogP contribution in [0.1, 0.15) is 10.4 Å². The zero-order valence-electron chi connectivity index (χ0n) is 9.28. The Morgan fingerprint density at radius 1 is 1.56 bits per heavy atom. The molecule has 0 radical (unpaired) electrons. The lowest BCUT2D eigenvalue weighted by atomic mass is 10.2. The lowest BCUT2D eigenvalue weighted by molar-refractivity contribution is 0.0796. The van der Waals surface area contributed by atoms with Crippen LogP contribution in [0.4, 0.5) is 0 Å². The van der Waals surface area contributed by atoms with E-state index in [0.717, 1.165) is 6.07 Å². The molecular weight excluding hydrogens is 210 g/mol. The maximum atomic E-state index is 11.8. The lowest BCUT2D eigenvalue weighted by Gasteiger charge is -2.16. The van der Waals surface area contributed by atoms with Crippen LogP contribution in [0.15, 0.2) is 16.9 Å². The number of nitrogens with zero attached hydrogens (tertiary/aromatic N) is 1. The number of hydrogen-bond acceptors (Lipinski definition) is 4. The van der Waals surface area contributed by atoms with Crippen molar-refractivity contribution < 1.29 is 9.90 Å². The number of likely N-dealkylation sites (N-methyl/N-ethyl adjacent to an activating group) is 2. The highest BCUT2D eigenvalue weighted by molar-refractivity contribution is 5.94. The molecule has 0 aliphatic rings. The number of carbonyl (C=O) groups is 1. The zero-order chi connectivity index (χ0) is 12.1. The average molecular weight is 225 g/mol. The second kappa shape index (κ2) is 5.32. The van der Waals surface area contributed by atoms with Gasteiger partial charge in [-0.1, -0.05) is 0 Å². The quantitative estimate of drug-likeness (QED) is 0.637. The molecule has 1 rings (SSSR count). The molecule has 1 aromatic heterocycles. The van der Waals surface area contributed by atoms with Gasteiger partial charge in [0.25, 0.3) is 11.5 Å². The van der Waals surface area contributed by atoms with Gasteiger partial charge in [-0.2, -0.15) is 0 Å². The van der Waals surface area contributed by atoms with Crippen molar-refractivity contribution in [2.45, 2.75) is 0 Å². The van der Waals surface area contributed by atoms with Gasteiger partial charge in [0, 0.05) is 32.3 Å². The molecule has 6 nitrogen and oxygen atoms in total. The minimum Gasteiger partial charge on any atom is -0.494 e. The summed E-state index contributed by atoms with van der Waals surface area (Å²) in [6, 6.07) is 2.40. The molecule has 0 saturated carbocycles. The Hall–Kier alpha value is -1.82. The first kappa shape index (κ1) is 12.3. The van der Waals surface area contributed by atoms with Crippen LogP contribution in [0.3, 0.4) is 0 Å². The Bertz CT molecular complexity index is 428. The first-order valence-corrected chi connectivity index (χ1v) is 4.88. The smallest absolute Gasteiger partial charge is 0.254 e. The minimum atomic E-state index is -0.495. The largest absolute Gasteiger partial charge is 0.494 e. The van der Waals surface area contributed by atoms with Gasteiger partial charge in [-0.3, -0.25) is 14.6 Å². The number of carbonyl (C=O) groups excluding carboxylic acids is 1. The normalized spacial score (nSPS) is 10.1. The molecule has 1 amide bonds. The summed E-state index contributed by atoms with van der Waals surface area (Å²) in [6.07, 6.45) is 0. The minimum absolute atomic E-state index is 0.180. The molecule has 1 aromatic rings. The number of hydrogen-bond donors (Lipinski definition) is 3. The predicted octanol–water partition coefficient (Wildman–Crippen LogP) is -0.628. The van der Waals surface area contributed by atoms with Gasteiger partial charge in [-0.25, -0.2) is 0 Å². The maximum Gasteiger partial charge on any atom is 0.254 e. The van der Waals surface area contributed by atoms with Gasteiger partial charge in [0.2, 0.25) is 0 Å². The lowest BCUT2D eigenvalue weighted by Crippen LogP contribution is -2.33. The van der Waals surface area contributed by atoms with Crippen LogP contribution in [0, 0.1) is 0 Å². The number of aromatic amines is 1. The van der Waals surface area contributed by atoms with Crippen molar-refractivity contribution in [3.05, 3.63) is 28.0 Å². The summed E-state index contributed by atoms with van der Waals surface area (Å²) in [7, 11) is 3.43. The fraction of sp³-hybridized carbons (Fsp3) is 0.400. The maximum absolute atomic E-state index is 11.8. The predicted molar refractivity (Wildman–Crippen MR) is 59.6 cm³/mol. The highest BCUT2D eigenvalue weighted by Crippen LogP contribution is 2.06. The van der Waals surface area contributed by atoms with Crippen LogP contribution >= 0.6 is 0 Å². The molecule has 0 unspecified atom stereocenters. The van der Waals surface area contributed by atoms with E-state index in [1.54, 1.807) is 14.1 Å². The van der Waals surface area contributed by atoms with Crippen molar-refractivity contribution in [2.75, 3.05) is 27.2 Å². The average Bonchev–Trinajstić information content (AvgIpc) is 2.23. The molecule has 0 aliphatic heterocycles. The van der Waals surface area contributed by atoms with Crippen LogP contribution in [0.2, 0.25) is 0 Å². The van der Waals surface area contributed by atoms with Crippen LogP contribution in [0.25, 0.3) is 0 Å². The van der Waals surface area contributed by atoms with E-state index in [1.165, 1.54) is 11.0 Å². The van der Waals surface area contributed by atoms with E-state index in [-0.39, 0.29) is 17.4 Å². The summed E-state index contributed by atoms with van der Waals surface area (Å²) in [6.45, 7) is 1.19. The van der Waals surface area contributed by atoms with E-state index in [0.29, 0.717) is 13.1 Å². The summed E-state index contributed by atoms with van der Waals surface area (Å²) in [5.41, 5.74) is -0.315. The number of amides is 1. The molecule has 0 saturated heterocycles. The second-order valence-corrected chi connectivity index (χ2v) is 3.45. The first-order chi connectivity index (χ1) is 7.54. The van der Waals surface area contributed by atoms with Crippen LogP contribution in [0.5, 0.6) is 5.88 Å². The van der Waals surface area contributed by atoms with Crippen molar-refractivity contribution in [1.82, 2.24) is 15.2 Å². The SMILES string of the molecule is CNCCN(C)C(=O)c1cc(O)[nH]c(=O)c1. The summed E-state index contributed by atoms with van der Waals surface area (Å²) in [5.74, 6) is -0.602. The fourth-order valence-electron chi connectivity index (χ4n) is 1.25. The van der Waals surface area contributed by atoms with E-state index < -0.39 is 5.56 Å². The third kappa shape index (κ3) is 3.09. The zero-order valence-corrected chi connectivity index (χ0v) is 9.28. The van der Waals surface area contributed by atoms with Crippen molar-refractivity contribution in [2.24, 2.45) is 0 Å². The van der Waals surface area contributed by atoms with Crippen LogP contribution in [-0.4, -0.2) is 48.1 Å². The monoisotopic (exact) mass is 225 g/mol. The molecule has 6 heteroatoms. The van der Waals surface area contributed by atoms with Gasteiger partial charge >= 0.3 is 0 Å². The van der Waals surface area contributed by atoms with Gasteiger partial charge in [0.15, 0.2) is 5.88 Å². The Morgan fingerprint density at radius 2 is 2.25 bits per heavy atom. The molecule has 88 valence electrons. The number of aromatic nitrogens is 1. The third-order valence-electron chi connectivity index (χ3n) is 2.12. The Balaban J connectivity index is 2.83. The highest BCUT2D eigenvalue weighted by Gasteiger charge is 2.12. The highest BCUT2D eigenvalue weighted by atomic mass is 16.3. The topological polar surface area (TPSA) is 85.4 Å². The Morgan fingerprint density at radius 3 is 2.81 bits per heavy atom. The number of aromatic hydroxyl groups is 1. The summed E-state index contributed by atoms with van der Waals surface area (Å²) in [5, 5.41) is 12.1. The number of pyridine rings is 1. The number of nitrogens with one attached hydrogen (secondary N) is 2. The summed E-state index contributed by atoms with van der Waals surface area (Å²) in [4.78, 5) is 26.5. The van der Waals surface area contributed by atoms with E-state index >= 15 is 0 Å². The van der Waals surface area contributed by atoms with Crippen molar-refractivity contribution in [1.29, 1.82) is 0 Å². The number of rotatable bonds is 4. The van der Waals surface area contributed by atoms with Crippen LogP contribution < -0.4 is 10.9 Å².